The van der Waals surface area contributed by atoms with Gasteiger partial charge in [-0.3, -0.25) is 4.79 Å². The van der Waals surface area contributed by atoms with E-state index >= 15 is 0 Å². The zero-order chi connectivity index (χ0) is 23.1. The summed E-state index contributed by atoms with van der Waals surface area (Å²) in [6.45, 7) is 5.79. The lowest BCUT2D eigenvalue weighted by Crippen LogP contribution is -2.18. The predicted octanol–water partition coefficient (Wildman–Crippen LogP) is 2.16. The summed E-state index contributed by atoms with van der Waals surface area (Å²) in [5.41, 5.74) is 2.86. The largest absolute Gasteiger partial charge is 0.488 e. The van der Waals surface area contributed by atoms with E-state index in [4.69, 9.17) is 4.74 Å². The van der Waals surface area contributed by atoms with Crippen molar-refractivity contribution in [2.75, 3.05) is 20.7 Å². The number of allylic oxidation sites excluding steroid dienone is 5. The van der Waals surface area contributed by atoms with Crippen molar-refractivity contribution in [3.63, 3.8) is 0 Å². The highest BCUT2D eigenvalue weighted by atomic mass is 16.5. The number of hydrogen-bond donors (Lipinski definition) is 1. The van der Waals surface area contributed by atoms with Crippen LogP contribution in [0, 0.1) is 0 Å². The Kier molecular flexibility index (Phi) is 7.67. The monoisotopic (exact) mass is 436 g/mol. The van der Waals surface area contributed by atoms with Crippen molar-refractivity contribution >= 4 is 17.5 Å². The van der Waals surface area contributed by atoms with E-state index in [2.05, 4.69) is 32.8 Å². The molecular formula is C23H28N6O3. The van der Waals surface area contributed by atoms with Gasteiger partial charge in [-0.25, -0.2) is 14.6 Å². The third-order valence-electron chi connectivity index (χ3n) is 4.57. The average molecular weight is 437 g/mol. The fourth-order valence-electron chi connectivity index (χ4n) is 3.00. The van der Waals surface area contributed by atoms with Crippen molar-refractivity contribution < 1.29 is 9.84 Å². The fraction of sp³-hybridized carbons (Fsp3) is 0.348. The third kappa shape index (κ3) is 6.45. The van der Waals surface area contributed by atoms with Gasteiger partial charge in [0.25, 0.3) is 0 Å². The van der Waals surface area contributed by atoms with Crippen LogP contribution in [-0.4, -0.2) is 62.9 Å². The Labute approximate surface area is 187 Å². The van der Waals surface area contributed by atoms with Crippen molar-refractivity contribution in [2.24, 2.45) is 5.10 Å². The molecule has 0 radical (unpaired) electrons. The van der Waals surface area contributed by atoms with Crippen LogP contribution in [0.3, 0.4) is 0 Å². The van der Waals surface area contributed by atoms with Crippen LogP contribution in [0.25, 0.3) is 11.3 Å². The van der Waals surface area contributed by atoms with Gasteiger partial charge in [0.15, 0.2) is 11.6 Å². The summed E-state index contributed by atoms with van der Waals surface area (Å²) in [6.07, 6.45) is 12.0. The van der Waals surface area contributed by atoms with E-state index in [9.17, 15) is 9.90 Å². The number of aliphatic hydroxyl groups excluding tert-OH is 1. The minimum Gasteiger partial charge on any atom is -0.488 e. The van der Waals surface area contributed by atoms with Crippen LogP contribution in [0.5, 0.6) is 5.75 Å². The molecule has 1 unspecified atom stereocenters. The van der Waals surface area contributed by atoms with E-state index in [0.717, 1.165) is 24.0 Å². The number of nitrogens with zero attached hydrogens (tertiary/aromatic N) is 6. The zero-order valence-corrected chi connectivity index (χ0v) is 18.6. The first-order valence-corrected chi connectivity index (χ1v) is 10.3. The highest BCUT2D eigenvalue weighted by Crippen LogP contribution is 2.25. The summed E-state index contributed by atoms with van der Waals surface area (Å²) >= 11 is 0. The molecule has 0 bridgehead atoms. The second kappa shape index (κ2) is 10.6. The topological polar surface area (TPSA) is 106 Å². The van der Waals surface area contributed by atoms with Gasteiger partial charge in [0.2, 0.25) is 5.43 Å². The molecule has 0 aromatic carbocycles. The summed E-state index contributed by atoms with van der Waals surface area (Å²) in [7, 11) is 3.63. The molecule has 0 aliphatic heterocycles. The molecular weight excluding hydrogens is 408 g/mol. The van der Waals surface area contributed by atoms with E-state index in [1.807, 2.05) is 20.2 Å². The zero-order valence-electron chi connectivity index (χ0n) is 18.6. The normalized spacial score (nSPS) is 14.6. The van der Waals surface area contributed by atoms with Crippen LogP contribution in [0.2, 0.25) is 0 Å². The molecule has 0 saturated carbocycles. The molecule has 1 aliphatic rings. The molecule has 1 aliphatic carbocycles. The number of ether oxygens (including phenoxy) is 1. The van der Waals surface area contributed by atoms with E-state index in [0.29, 0.717) is 29.4 Å². The summed E-state index contributed by atoms with van der Waals surface area (Å²) in [5, 5.41) is 19.6. The predicted molar refractivity (Wildman–Crippen MR) is 124 cm³/mol. The number of hydrazone groups is 1. The number of rotatable bonds is 9. The molecule has 32 heavy (non-hydrogen) atoms. The SMILES string of the molecule is C=C(/C=N\N(C)C)n1ccc(=O)c(CC2=CC(c3ncc(OCC(C)O)cn3)=CCC2)n1. The Morgan fingerprint density at radius 2 is 2.16 bits per heavy atom. The Bertz CT molecular complexity index is 1100. The van der Waals surface area contributed by atoms with Crippen LogP contribution in [0.15, 0.2) is 58.9 Å². The second-order valence-electron chi connectivity index (χ2n) is 7.73. The Morgan fingerprint density at radius 1 is 1.41 bits per heavy atom. The number of hydrogen-bond acceptors (Lipinski definition) is 8. The lowest BCUT2D eigenvalue weighted by molar-refractivity contribution is 0.122. The lowest BCUT2D eigenvalue weighted by atomic mass is 9.95. The Hall–Kier alpha value is -3.59. The summed E-state index contributed by atoms with van der Waals surface area (Å²) in [6, 6.07) is 1.49. The van der Waals surface area contributed by atoms with Crippen molar-refractivity contribution in [3.05, 3.63) is 70.7 Å². The quantitative estimate of drug-likeness (QED) is 0.474. The first-order chi connectivity index (χ1) is 15.3. The van der Waals surface area contributed by atoms with Crippen molar-refractivity contribution in [3.8, 4) is 5.75 Å². The van der Waals surface area contributed by atoms with E-state index < -0.39 is 6.10 Å². The van der Waals surface area contributed by atoms with Crippen molar-refractivity contribution in [1.82, 2.24) is 24.8 Å². The van der Waals surface area contributed by atoms with Crippen molar-refractivity contribution in [1.29, 1.82) is 0 Å². The molecule has 9 heteroatoms. The lowest BCUT2D eigenvalue weighted by Gasteiger charge is -2.14. The van der Waals surface area contributed by atoms with E-state index in [1.165, 1.54) is 6.07 Å². The maximum absolute atomic E-state index is 12.4. The van der Waals surface area contributed by atoms with Crippen molar-refractivity contribution in [2.45, 2.75) is 32.3 Å². The molecule has 0 spiro atoms. The molecule has 3 rings (SSSR count). The molecule has 1 N–H and O–H groups in total. The average Bonchev–Trinajstić information content (AvgIpc) is 2.78. The first kappa shape index (κ1) is 23.1. The minimum atomic E-state index is -0.560. The van der Waals surface area contributed by atoms with Gasteiger partial charge in [-0.05, 0) is 19.8 Å². The fourth-order valence-corrected chi connectivity index (χ4v) is 3.00. The van der Waals surface area contributed by atoms with E-state index in [-0.39, 0.29) is 12.0 Å². The van der Waals surface area contributed by atoms with Gasteiger partial charge >= 0.3 is 0 Å². The first-order valence-electron chi connectivity index (χ1n) is 10.3. The van der Waals surface area contributed by atoms with E-state index in [1.54, 1.807) is 41.4 Å². The van der Waals surface area contributed by atoms with Gasteiger partial charge in [-0.15, -0.1) is 0 Å². The van der Waals surface area contributed by atoms with Gasteiger partial charge in [0.1, 0.15) is 12.3 Å². The number of aliphatic hydroxyl groups is 1. The molecule has 1 atom stereocenters. The maximum Gasteiger partial charge on any atom is 0.203 e. The molecule has 2 heterocycles. The second-order valence-corrected chi connectivity index (χ2v) is 7.73. The van der Waals surface area contributed by atoms with Crippen LogP contribution < -0.4 is 10.2 Å². The molecule has 0 saturated heterocycles. The third-order valence-corrected chi connectivity index (χ3v) is 4.57. The highest BCUT2D eigenvalue weighted by molar-refractivity contribution is 6.00. The minimum absolute atomic E-state index is 0.119. The van der Waals surface area contributed by atoms with Crippen LogP contribution in [0.4, 0.5) is 0 Å². The molecule has 9 nitrogen and oxygen atoms in total. The van der Waals surface area contributed by atoms with Crippen LogP contribution in [-0.2, 0) is 6.42 Å². The highest BCUT2D eigenvalue weighted by Gasteiger charge is 2.13. The molecule has 0 fully saturated rings. The van der Waals surface area contributed by atoms with Gasteiger partial charge in [0.05, 0.1) is 30.4 Å². The standard InChI is InChI=1S/C23H28N6O3/c1-16(12-26-28(3)4)29-9-8-22(31)21(27-29)11-18-6-5-7-19(10-18)23-24-13-20(14-25-23)32-15-17(2)30/h7-10,12-14,17,30H,1,5-6,11,15H2,2-4H3/b26-12-. The van der Waals surface area contributed by atoms with Crippen LogP contribution in [0.1, 0.15) is 31.3 Å². The molecule has 2 aromatic rings. The van der Waals surface area contributed by atoms with Gasteiger partial charge in [-0.2, -0.15) is 10.2 Å². The maximum atomic E-state index is 12.4. The summed E-state index contributed by atoms with van der Waals surface area (Å²) < 4.78 is 6.96. The Balaban J connectivity index is 1.74. The van der Waals surface area contributed by atoms with Gasteiger partial charge < -0.3 is 14.9 Å². The van der Waals surface area contributed by atoms with Crippen LogP contribution >= 0.6 is 0 Å². The Morgan fingerprint density at radius 3 is 2.84 bits per heavy atom. The van der Waals surface area contributed by atoms with Gasteiger partial charge in [-0.1, -0.05) is 24.3 Å². The smallest absolute Gasteiger partial charge is 0.203 e. The summed E-state index contributed by atoms with van der Waals surface area (Å²) in [5.74, 6) is 1.08. The summed E-state index contributed by atoms with van der Waals surface area (Å²) in [4.78, 5) is 21.1. The van der Waals surface area contributed by atoms with Gasteiger partial charge in [0, 0.05) is 38.4 Å². The molecule has 0 amide bonds. The number of aromatic nitrogens is 4. The molecule has 168 valence electrons. The molecule has 2 aromatic heterocycles.